The molecule has 5 nitrogen and oxygen atoms in total. The number of rotatable bonds is 4. The summed E-state index contributed by atoms with van der Waals surface area (Å²) in [6, 6.07) is 18.7. The first-order valence-corrected chi connectivity index (χ1v) is 8.50. The van der Waals surface area contributed by atoms with Crippen LogP contribution in [-0.4, -0.2) is 20.4 Å². The van der Waals surface area contributed by atoms with Gasteiger partial charge in [0, 0.05) is 12.7 Å². The molecule has 6 heteroatoms. The van der Waals surface area contributed by atoms with Gasteiger partial charge in [0.2, 0.25) is 0 Å². The Hall–Kier alpha value is -3.18. The number of aromatic nitrogens is 3. The molecule has 0 unspecified atom stereocenters. The zero-order valence-electron chi connectivity index (χ0n) is 13.8. The number of imidazole rings is 1. The first kappa shape index (κ1) is 16.3. The summed E-state index contributed by atoms with van der Waals surface area (Å²) in [5.41, 5.74) is 3.28. The maximum atomic E-state index is 12.2. The molecule has 0 saturated carbocycles. The average Bonchev–Trinajstić information content (AvgIpc) is 3.11. The lowest BCUT2D eigenvalue weighted by molar-refractivity contribution is 0.0951. The maximum Gasteiger partial charge on any atom is 0.253 e. The molecule has 1 N–H and O–H groups in total. The number of hydrogen-bond acceptors (Lipinski definition) is 3. The molecule has 0 bridgehead atoms. The normalized spacial score (nSPS) is 10.8. The van der Waals surface area contributed by atoms with Crippen LogP contribution in [0, 0.1) is 0 Å². The fraction of sp³-hybridized carbons (Fsp3) is 0.0500. The van der Waals surface area contributed by atoms with Gasteiger partial charge in [0.25, 0.3) is 5.91 Å². The molecule has 4 rings (SSSR count). The van der Waals surface area contributed by atoms with Crippen molar-refractivity contribution in [2.45, 2.75) is 6.54 Å². The van der Waals surface area contributed by atoms with Gasteiger partial charge in [-0.15, -0.1) is 0 Å². The number of benzene rings is 2. The van der Waals surface area contributed by atoms with Crippen LogP contribution in [0.25, 0.3) is 16.9 Å². The molecule has 0 spiro atoms. The van der Waals surface area contributed by atoms with Gasteiger partial charge in [-0.1, -0.05) is 41.9 Å². The van der Waals surface area contributed by atoms with Crippen molar-refractivity contribution in [1.29, 1.82) is 0 Å². The highest BCUT2D eigenvalue weighted by Crippen LogP contribution is 2.17. The Labute approximate surface area is 155 Å². The minimum atomic E-state index is -0.208. The predicted molar refractivity (Wildman–Crippen MR) is 101 cm³/mol. The van der Waals surface area contributed by atoms with Crippen LogP contribution in [0.3, 0.4) is 0 Å². The number of hydrogen-bond donors (Lipinski definition) is 1. The van der Waals surface area contributed by atoms with E-state index >= 15 is 0 Å². The molecule has 2 heterocycles. The summed E-state index contributed by atoms with van der Waals surface area (Å²) in [7, 11) is 0. The van der Waals surface area contributed by atoms with Crippen molar-refractivity contribution in [2.24, 2.45) is 0 Å². The summed E-state index contributed by atoms with van der Waals surface area (Å²) in [6.45, 7) is 0.377. The lowest BCUT2D eigenvalue weighted by Gasteiger charge is -2.08. The van der Waals surface area contributed by atoms with E-state index in [9.17, 15) is 4.79 Å². The third kappa shape index (κ3) is 3.17. The molecule has 0 saturated heterocycles. The molecule has 1 amide bonds. The van der Waals surface area contributed by atoms with Gasteiger partial charge in [-0.2, -0.15) is 0 Å². The molecular weight excluding hydrogens is 348 g/mol. The number of nitrogens with one attached hydrogen (secondary N) is 1. The van der Waals surface area contributed by atoms with Crippen molar-refractivity contribution in [3.63, 3.8) is 0 Å². The third-order valence-corrected chi connectivity index (χ3v) is 4.41. The number of pyridine rings is 1. The molecule has 0 fully saturated rings. The number of amides is 1. The first-order valence-electron chi connectivity index (χ1n) is 8.12. The summed E-state index contributed by atoms with van der Waals surface area (Å²) in [5, 5.41) is 3.29. The van der Waals surface area contributed by atoms with E-state index in [0.717, 1.165) is 22.4 Å². The molecule has 0 aliphatic heterocycles. The number of carbonyl (C=O) groups is 1. The van der Waals surface area contributed by atoms with Gasteiger partial charge in [-0.05, 0) is 35.9 Å². The number of halogens is 1. The van der Waals surface area contributed by atoms with Crippen molar-refractivity contribution < 1.29 is 4.79 Å². The zero-order chi connectivity index (χ0) is 17.9. The second-order valence-electron chi connectivity index (χ2n) is 5.79. The van der Waals surface area contributed by atoms with Crippen LogP contribution in [0.15, 0.2) is 73.2 Å². The van der Waals surface area contributed by atoms with Gasteiger partial charge < -0.3 is 5.32 Å². The highest BCUT2D eigenvalue weighted by atomic mass is 35.5. The Morgan fingerprint density at radius 2 is 1.81 bits per heavy atom. The third-order valence-electron chi connectivity index (χ3n) is 4.08. The Morgan fingerprint density at radius 3 is 2.62 bits per heavy atom. The fourth-order valence-corrected chi connectivity index (χ4v) is 2.95. The number of para-hydroxylation sites is 2. The predicted octanol–water partition coefficient (Wildman–Crippen LogP) is 4.00. The largest absolute Gasteiger partial charge is 0.348 e. The van der Waals surface area contributed by atoms with E-state index in [4.69, 9.17) is 11.6 Å². The Kier molecular flexibility index (Phi) is 4.37. The minimum Gasteiger partial charge on any atom is -0.348 e. The van der Waals surface area contributed by atoms with Gasteiger partial charge in [-0.3, -0.25) is 9.36 Å². The monoisotopic (exact) mass is 362 g/mol. The molecule has 128 valence electrons. The molecule has 0 atom stereocenters. The van der Waals surface area contributed by atoms with E-state index in [0.29, 0.717) is 17.1 Å². The van der Waals surface area contributed by atoms with Crippen molar-refractivity contribution in [2.75, 3.05) is 0 Å². The summed E-state index contributed by atoms with van der Waals surface area (Å²) < 4.78 is 1.93. The molecule has 0 aliphatic rings. The van der Waals surface area contributed by atoms with Gasteiger partial charge in [-0.25, -0.2) is 9.97 Å². The summed E-state index contributed by atoms with van der Waals surface area (Å²) >= 11 is 6.04. The lowest BCUT2D eigenvalue weighted by Crippen LogP contribution is -2.23. The zero-order valence-corrected chi connectivity index (χ0v) is 14.5. The standard InChI is InChI=1S/C20H15ClN4O/c21-16-6-2-1-5-15(16)20(26)23-12-14-9-10-19(22-11-14)25-13-24-17-7-3-4-8-18(17)25/h1-11,13H,12H2,(H,23,26). The lowest BCUT2D eigenvalue weighted by atomic mass is 10.2. The molecular formula is C20H15ClN4O. The van der Waals surface area contributed by atoms with Crippen LogP contribution >= 0.6 is 11.6 Å². The van der Waals surface area contributed by atoms with Gasteiger partial charge in [0.15, 0.2) is 0 Å². The van der Waals surface area contributed by atoms with Crippen LogP contribution < -0.4 is 5.32 Å². The maximum absolute atomic E-state index is 12.2. The highest BCUT2D eigenvalue weighted by molar-refractivity contribution is 6.33. The number of carbonyl (C=O) groups excluding carboxylic acids is 1. The molecule has 4 aromatic rings. The topological polar surface area (TPSA) is 59.8 Å². The van der Waals surface area contributed by atoms with E-state index in [1.807, 2.05) is 41.0 Å². The SMILES string of the molecule is O=C(NCc1ccc(-n2cnc3ccccc32)nc1)c1ccccc1Cl. The van der Waals surface area contributed by atoms with E-state index in [2.05, 4.69) is 15.3 Å². The van der Waals surface area contributed by atoms with E-state index in [-0.39, 0.29) is 5.91 Å². The van der Waals surface area contributed by atoms with Crippen molar-refractivity contribution >= 4 is 28.5 Å². The molecule has 26 heavy (non-hydrogen) atoms. The highest BCUT2D eigenvalue weighted by Gasteiger charge is 2.09. The Morgan fingerprint density at radius 1 is 1.00 bits per heavy atom. The molecule has 0 radical (unpaired) electrons. The Bertz CT molecular complexity index is 1070. The van der Waals surface area contributed by atoms with Crippen molar-refractivity contribution in [1.82, 2.24) is 19.9 Å². The van der Waals surface area contributed by atoms with Crippen LogP contribution in [0.4, 0.5) is 0 Å². The van der Waals surface area contributed by atoms with Crippen LogP contribution in [0.5, 0.6) is 0 Å². The van der Waals surface area contributed by atoms with E-state index in [1.54, 1.807) is 36.8 Å². The number of fused-ring (bicyclic) bond motifs is 1. The van der Waals surface area contributed by atoms with Gasteiger partial charge in [0.05, 0.1) is 21.6 Å². The van der Waals surface area contributed by atoms with Crippen molar-refractivity contribution in [3.05, 3.63) is 89.3 Å². The van der Waals surface area contributed by atoms with E-state index < -0.39 is 0 Å². The second kappa shape index (κ2) is 6.98. The molecule has 2 aromatic heterocycles. The number of nitrogens with zero attached hydrogens (tertiary/aromatic N) is 3. The summed E-state index contributed by atoms with van der Waals surface area (Å²) in [4.78, 5) is 21.1. The quantitative estimate of drug-likeness (QED) is 0.596. The van der Waals surface area contributed by atoms with Crippen LogP contribution in [-0.2, 0) is 6.54 Å². The molecule has 2 aromatic carbocycles. The Balaban J connectivity index is 1.48. The van der Waals surface area contributed by atoms with Crippen LogP contribution in [0.1, 0.15) is 15.9 Å². The summed E-state index contributed by atoms with van der Waals surface area (Å²) in [5.74, 6) is 0.570. The molecule has 0 aliphatic carbocycles. The van der Waals surface area contributed by atoms with Crippen molar-refractivity contribution in [3.8, 4) is 5.82 Å². The first-order chi connectivity index (χ1) is 12.7. The smallest absolute Gasteiger partial charge is 0.253 e. The van der Waals surface area contributed by atoms with Gasteiger partial charge in [0.1, 0.15) is 12.1 Å². The fourth-order valence-electron chi connectivity index (χ4n) is 2.73. The van der Waals surface area contributed by atoms with Crippen LogP contribution in [0.2, 0.25) is 5.02 Å². The minimum absolute atomic E-state index is 0.208. The average molecular weight is 363 g/mol. The van der Waals surface area contributed by atoms with Gasteiger partial charge >= 0.3 is 0 Å². The van der Waals surface area contributed by atoms with E-state index in [1.165, 1.54) is 0 Å². The summed E-state index contributed by atoms with van der Waals surface area (Å²) in [6.07, 6.45) is 3.50. The second-order valence-corrected chi connectivity index (χ2v) is 6.20.